The Labute approximate surface area is 74.8 Å². The number of nitrogen functional groups attached to an aromatic ring is 1. The van der Waals surface area contributed by atoms with Crippen molar-refractivity contribution in [1.29, 1.82) is 0 Å². The van der Waals surface area contributed by atoms with Crippen molar-refractivity contribution in [3.63, 3.8) is 0 Å². The van der Waals surface area contributed by atoms with Gasteiger partial charge in [-0.15, -0.1) is 0 Å². The highest BCUT2D eigenvalue weighted by Gasteiger charge is 2.09. The summed E-state index contributed by atoms with van der Waals surface area (Å²) in [5.41, 5.74) is 5.95. The Balaban J connectivity index is 3.37. The lowest BCUT2D eigenvalue weighted by atomic mass is 10.1. The summed E-state index contributed by atoms with van der Waals surface area (Å²) in [6.45, 7) is 1.36. The van der Waals surface area contributed by atoms with Gasteiger partial charge in [-0.25, -0.2) is 0 Å². The fourth-order valence-electron chi connectivity index (χ4n) is 0.895. The molecule has 0 aliphatic rings. The minimum Gasteiger partial charge on any atom is -0.508 e. The molecule has 1 aromatic carbocycles. The fourth-order valence-corrected chi connectivity index (χ4v) is 1.11. The zero-order valence-electron chi connectivity index (χ0n) is 6.47. The standard InChI is InChI=1S/C8H8ClNO2/c1-4(11)6-2-5(12)3-7(9)8(6)10/h2-3,12H,10H2,1H3. The first-order chi connectivity index (χ1) is 5.52. The van der Waals surface area contributed by atoms with Crippen LogP contribution in [0.5, 0.6) is 5.75 Å². The number of carbonyl (C=O) groups is 1. The van der Waals surface area contributed by atoms with Crippen molar-refractivity contribution >= 4 is 23.1 Å². The quantitative estimate of drug-likeness (QED) is 0.399. The van der Waals surface area contributed by atoms with Crippen molar-refractivity contribution in [1.82, 2.24) is 0 Å². The molecule has 3 N–H and O–H groups in total. The van der Waals surface area contributed by atoms with Gasteiger partial charge in [0.15, 0.2) is 5.78 Å². The first-order valence-corrected chi connectivity index (χ1v) is 3.69. The maximum Gasteiger partial charge on any atom is 0.162 e. The molecule has 0 bridgehead atoms. The summed E-state index contributed by atoms with van der Waals surface area (Å²) in [7, 11) is 0. The lowest BCUT2D eigenvalue weighted by Gasteiger charge is -2.04. The van der Waals surface area contributed by atoms with Gasteiger partial charge in [0, 0.05) is 11.6 Å². The maximum absolute atomic E-state index is 10.9. The smallest absolute Gasteiger partial charge is 0.162 e. The Morgan fingerprint density at radius 2 is 2.17 bits per heavy atom. The van der Waals surface area contributed by atoms with Crippen LogP contribution in [0.4, 0.5) is 5.69 Å². The Bertz CT molecular complexity index is 336. The Morgan fingerprint density at radius 3 is 2.67 bits per heavy atom. The minimum absolute atomic E-state index is 0.0561. The van der Waals surface area contributed by atoms with Gasteiger partial charge in [-0.2, -0.15) is 0 Å². The highest BCUT2D eigenvalue weighted by Crippen LogP contribution is 2.28. The topological polar surface area (TPSA) is 63.3 Å². The molecule has 0 aliphatic heterocycles. The van der Waals surface area contributed by atoms with Gasteiger partial charge in [-0.1, -0.05) is 11.6 Å². The number of hydrogen-bond donors (Lipinski definition) is 2. The molecule has 0 amide bonds. The number of aromatic hydroxyl groups is 1. The normalized spacial score (nSPS) is 9.83. The fraction of sp³-hybridized carbons (Fsp3) is 0.125. The molecule has 0 radical (unpaired) electrons. The number of nitrogens with two attached hydrogens (primary N) is 1. The summed E-state index contributed by atoms with van der Waals surface area (Å²) < 4.78 is 0. The van der Waals surface area contributed by atoms with Crippen LogP contribution < -0.4 is 5.73 Å². The van der Waals surface area contributed by atoms with E-state index in [0.29, 0.717) is 0 Å². The molecule has 12 heavy (non-hydrogen) atoms. The summed E-state index contributed by atoms with van der Waals surface area (Å²) in [6, 6.07) is 2.59. The van der Waals surface area contributed by atoms with Gasteiger partial charge in [-0.05, 0) is 13.0 Å². The molecule has 0 aromatic heterocycles. The molecule has 0 aliphatic carbocycles. The van der Waals surface area contributed by atoms with Gasteiger partial charge < -0.3 is 10.8 Å². The second-order valence-electron chi connectivity index (χ2n) is 2.45. The van der Waals surface area contributed by atoms with Crippen molar-refractivity contribution in [2.24, 2.45) is 0 Å². The Kier molecular flexibility index (Phi) is 2.24. The average Bonchev–Trinajstić information content (AvgIpc) is 1.96. The highest BCUT2D eigenvalue weighted by molar-refractivity contribution is 6.34. The number of Topliss-reactive ketones (excluding diaryl/α,β-unsaturated/α-hetero) is 1. The number of halogens is 1. The number of anilines is 1. The molecule has 0 saturated heterocycles. The van der Waals surface area contributed by atoms with Crippen LogP contribution in [0, 0.1) is 0 Å². The summed E-state index contributed by atoms with van der Waals surface area (Å²) >= 11 is 5.63. The Hall–Kier alpha value is -1.22. The van der Waals surface area contributed by atoms with Crippen molar-refractivity contribution in [3.05, 3.63) is 22.7 Å². The zero-order valence-corrected chi connectivity index (χ0v) is 7.22. The lowest BCUT2D eigenvalue weighted by molar-refractivity contribution is 0.101. The van der Waals surface area contributed by atoms with Crippen molar-refractivity contribution in [2.45, 2.75) is 6.92 Å². The van der Waals surface area contributed by atoms with E-state index in [1.54, 1.807) is 0 Å². The molecule has 4 heteroatoms. The molecule has 0 fully saturated rings. The molecule has 0 unspecified atom stereocenters. The number of hydrogen-bond acceptors (Lipinski definition) is 3. The van der Waals surface area contributed by atoms with E-state index in [9.17, 15) is 4.79 Å². The van der Waals surface area contributed by atoms with Crippen molar-refractivity contribution in [2.75, 3.05) is 5.73 Å². The maximum atomic E-state index is 10.9. The molecular weight excluding hydrogens is 178 g/mol. The van der Waals surface area contributed by atoms with Gasteiger partial charge in [0.2, 0.25) is 0 Å². The summed E-state index contributed by atoms with van der Waals surface area (Å²) in [5.74, 6) is -0.273. The second-order valence-corrected chi connectivity index (χ2v) is 2.85. The number of benzene rings is 1. The molecule has 0 atom stereocenters. The molecule has 1 aromatic rings. The first kappa shape index (κ1) is 8.87. The largest absolute Gasteiger partial charge is 0.508 e. The molecule has 1 rings (SSSR count). The molecule has 64 valence electrons. The molecular formula is C8H8ClNO2. The average molecular weight is 186 g/mol. The highest BCUT2D eigenvalue weighted by atomic mass is 35.5. The van der Waals surface area contributed by atoms with Crippen molar-refractivity contribution in [3.8, 4) is 5.75 Å². The molecule has 0 heterocycles. The van der Waals surface area contributed by atoms with Crippen LogP contribution in [-0.4, -0.2) is 10.9 Å². The van der Waals surface area contributed by atoms with Gasteiger partial charge in [0.25, 0.3) is 0 Å². The predicted octanol–water partition coefficient (Wildman–Crippen LogP) is 1.83. The number of phenols is 1. The van der Waals surface area contributed by atoms with Crippen LogP contribution in [-0.2, 0) is 0 Å². The number of ketones is 1. The summed E-state index contributed by atoms with van der Waals surface area (Å²) in [6.07, 6.45) is 0. The van der Waals surface area contributed by atoms with Crippen LogP contribution in [0.1, 0.15) is 17.3 Å². The van der Waals surface area contributed by atoms with Crippen molar-refractivity contribution < 1.29 is 9.90 Å². The van der Waals surface area contributed by atoms with Gasteiger partial charge in [0.05, 0.1) is 10.7 Å². The Morgan fingerprint density at radius 1 is 1.58 bits per heavy atom. The third kappa shape index (κ3) is 1.51. The number of rotatable bonds is 1. The van der Waals surface area contributed by atoms with Crippen LogP contribution in [0.3, 0.4) is 0 Å². The van der Waals surface area contributed by atoms with E-state index >= 15 is 0 Å². The summed E-state index contributed by atoms with van der Waals surface area (Å²) in [5, 5.41) is 9.27. The predicted molar refractivity (Wildman–Crippen MR) is 47.5 cm³/mol. The molecule has 0 spiro atoms. The van der Waals surface area contributed by atoms with E-state index in [1.165, 1.54) is 19.1 Å². The minimum atomic E-state index is -0.217. The lowest BCUT2D eigenvalue weighted by Crippen LogP contribution is -1.99. The number of phenolic OH excluding ortho intramolecular Hbond substituents is 1. The third-order valence-electron chi connectivity index (χ3n) is 1.49. The molecule has 0 saturated carbocycles. The summed E-state index contributed by atoms with van der Waals surface area (Å²) in [4.78, 5) is 10.9. The van der Waals surface area contributed by atoms with E-state index in [1.807, 2.05) is 0 Å². The number of carbonyl (C=O) groups excluding carboxylic acids is 1. The van der Waals surface area contributed by atoms with E-state index in [2.05, 4.69) is 0 Å². The van der Waals surface area contributed by atoms with E-state index < -0.39 is 0 Å². The van der Waals surface area contributed by atoms with E-state index in [0.717, 1.165) is 0 Å². The van der Waals surface area contributed by atoms with Crippen LogP contribution in [0.25, 0.3) is 0 Å². The van der Waals surface area contributed by atoms with E-state index in [4.69, 9.17) is 22.4 Å². The van der Waals surface area contributed by atoms with E-state index in [-0.39, 0.29) is 27.8 Å². The second kappa shape index (κ2) is 3.03. The van der Waals surface area contributed by atoms with Gasteiger partial charge in [0.1, 0.15) is 5.75 Å². The van der Waals surface area contributed by atoms with Crippen LogP contribution >= 0.6 is 11.6 Å². The van der Waals surface area contributed by atoms with Crippen LogP contribution in [0.15, 0.2) is 12.1 Å². The van der Waals surface area contributed by atoms with Crippen LogP contribution in [0.2, 0.25) is 5.02 Å². The monoisotopic (exact) mass is 185 g/mol. The molecule has 3 nitrogen and oxygen atoms in total. The zero-order chi connectivity index (χ0) is 9.30. The first-order valence-electron chi connectivity index (χ1n) is 3.31. The van der Waals surface area contributed by atoms with Gasteiger partial charge in [-0.3, -0.25) is 4.79 Å². The SMILES string of the molecule is CC(=O)c1cc(O)cc(Cl)c1N. The van der Waals surface area contributed by atoms with Gasteiger partial charge >= 0.3 is 0 Å². The third-order valence-corrected chi connectivity index (χ3v) is 1.81.